The van der Waals surface area contributed by atoms with Crippen molar-refractivity contribution in [1.29, 1.82) is 0 Å². The fourth-order valence-electron chi connectivity index (χ4n) is 4.96. The van der Waals surface area contributed by atoms with Gasteiger partial charge in [-0.25, -0.2) is 8.42 Å². The van der Waals surface area contributed by atoms with E-state index in [1.807, 2.05) is 88.4 Å². The Morgan fingerprint density at radius 3 is 1.93 bits per heavy atom. The van der Waals surface area contributed by atoms with Crippen molar-refractivity contribution in [2.45, 2.75) is 57.6 Å². The fraction of sp³-hybridized carbons (Fsp3) is 0.278. The Labute approximate surface area is 266 Å². The van der Waals surface area contributed by atoms with Crippen LogP contribution in [0.1, 0.15) is 37.5 Å². The Hall–Kier alpha value is -4.63. The van der Waals surface area contributed by atoms with Gasteiger partial charge in [-0.2, -0.15) is 0 Å². The van der Waals surface area contributed by atoms with E-state index < -0.39 is 28.5 Å². The summed E-state index contributed by atoms with van der Waals surface area (Å²) in [5.41, 5.74) is 2.98. The molecule has 0 heterocycles. The Kier molecular flexibility index (Phi) is 11.4. The van der Waals surface area contributed by atoms with E-state index in [4.69, 9.17) is 4.74 Å². The maximum absolute atomic E-state index is 14.5. The van der Waals surface area contributed by atoms with Crippen LogP contribution in [0.15, 0.2) is 114 Å². The van der Waals surface area contributed by atoms with Gasteiger partial charge in [0.25, 0.3) is 10.0 Å². The van der Waals surface area contributed by atoms with Crippen LogP contribution >= 0.6 is 0 Å². The molecule has 0 aliphatic carbocycles. The molecule has 4 rings (SSSR count). The molecule has 4 aromatic carbocycles. The summed E-state index contributed by atoms with van der Waals surface area (Å²) >= 11 is 0. The maximum Gasteiger partial charge on any atom is 0.264 e. The highest BCUT2D eigenvalue weighted by Gasteiger charge is 2.34. The second-order valence-electron chi connectivity index (χ2n) is 11.1. The number of anilines is 1. The fourth-order valence-corrected chi connectivity index (χ4v) is 6.37. The summed E-state index contributed by atoms with van der Waals surface area (Å²) in [7, 11) is -4.19. The summed E-state index contributed by atoms with van der Waals surface area (Å²) in [5.74, 6) is -0.272. The minimum atomic E-state index is -4.19. The summed E-state index contributed by atoms with van der Waals surface area (Å²) in [6, 6.07) is 30.9. The summed E-state index contributed by atoms with van der Waals surface area (Å²) in [4.78, 5) is 29.7. The van der Waals surface area contributed by atoms with Crippen LogP contribution in [-0.4, -0.2) is 50.4 Å². The highest BCUT2D eigenvalue weighted by Crippen LogP contribution is 2.27. The molecular weight excluding hydrogens is 586 g/mol. The predicted molar refractivity (Wildman–Crippen MR) is 178 cm³/mol. The molecule has 0 bridgehead atoms. The lowest BCUT2D eigenvalue weighted by atomic mass is 10.0. The third kappa shape index (κ3) is 8.95. The number of hydrogen-bond donors (Lipinski definition) is 1. The van der Waals surface area contributed by atoms with Crippen LogP contribution in [0, 0.1) is 6.92 Å². The Morgan fingerprint density at radius 2 is 1.38 bits per heavy atom. The van der Waals surface area contributed by atoms with Crippen LogP contribution < -0.4 is 14.4 Å². The molecule has 0 saturated carbocycles. The maximum atomic E-state index is 14.5. The normalized spacial score (nSPS) is 11.9. The summed E-state index contributed by atoms with van der Waals surface area (Å²) < 4.78 is 35.0. The first-order valence-electron chi connectivity index (χ1n) is 15.1. The molecule has 1 N–H and O–H groups in total. The molecule has 236 valence electrons. The molecule has 0 fully saturated rings. The molecule has 9 heteroatoms. The van der Waals surface area contributed by atoms with E-state index in [9.17, 15) is 18.0 Å². The van der Waals surface area contributed by atoms with Gasteiger partial charge in [-0.15, -0.1) is 0 Å². The van der Waals surface area contributed by atoms with Crippen LogP contribution in [0.2, 0.25) is 0 Å². The van der Waals surface area contributed by atoms with Crippen LogP contribution in [0.25, 0.3) is 0 Å². The number of benzene rings is 4. The third-order valence-corrected chi connectivity index (χ3v) is 9.01. The zero-order chi connectivity index (χ0) is 32.4. The van der Waals surface area contributed by atoms with Crippen molar-refractivity contribution in [3.05, 3.63) is 126 Å². The molecule has 1 unspecified atom stereocenters. The zero-order valence-electron chi connectivity index (χ0n) is 26.2. The van der Waals surface area contributed by atoms with Gasteiger partial charge in [0.05, 0.1) is 17.2 Å². The Morgan fingerprint density at radius 1 is 0.800 bits per heavy atom. The van der Waals surface area contributed by atoms with Gasteiger partial charge >= 0.3 is 0 Å². The van der Waals surface area contributed by atoms with Gasteiger partial charge in [-0.05, 0) is 75.2 Å². The van der Waals surface area contributed by atoms with Crippen molar-refractivity contribution < 1.29 is 22.7 Å². The minimum absolute atomic E-state index is 0.0207. The van der Waals surface area contributed by atoms with E-state index in [1.54, 1.807) is 36.4 Å². The number of carbonyl (C=O) groups is 2. The van der Waals surface area contributed by atoms with Gasteiger partial charge in [0.15, 0.2) is 0 Å². The molecule has 2 amide bonds. The summed E-state index contributed by atoms with van der Waals surface area (Å²) in [6.07, 6.45) is 0.258. The smallest absolute Gasteiger partial charge is 0.264 e. The van der Waals surface area contributed by atoms with Crippen molar-refractivity contribution in [2.24, 2.45) is 0 Å². The monoisotopic (exact) mass is 627 g/mol. The molecule has 45 heavy (non-hydrogen) atoms. The summed E-state index contributed by atoms with van der Waals surface area (Å²) in [6.45, 7) is 7.54. The SMILES string of the molecule is CCOc1ccc(S(=O)(=O)N(CC(=O)N(Cc2ccccc2)C(Cc2ccccc2)C(=O)NC(C)C)c2ccc(C)cc2)cc1. The first-order chi connectivity index (χ1) is 21.6. The third-order valence-electron chi connectivity index (χ3n) is 7.22. The molecule has 1 atom stereocenters. The van der Waals surface area contributed by atoms with Gasteiger partial charge in [0.1, 0.15) is 18.3 Å². The van der Waals surface area contributed by atoms with E-state index in [-0.39, 0.29) is 29.8 Å². The van der Waals surface area contributed by atoms with Crippen molar-refractivity contribution in [2.75, 3.05) is 17.5 Å². The summed E-state index contributed by atoms with van der Waals surface area (Å²) in [5, 5.41) is 2.97. The average molecular weight is 628 g/mol. The highest BCUT2D eigenvalue weighted by atomic mass is 32.2. The van der Waals surface area contributed by atoms with Crippen molar-refractivity contribution >= 4 is 27.5 Å². The topological polar surface area (TPSA) is 96.0 Å². The largest absolute Gasteiger partial charge is 0.494 e. The zero-order valence-corrected chi connectivity index (χ0v) is 27.0. The molecular formula is C36H41N3O5S. The second-order valence-corrected chi connectivity index (χ2v) is 13.0. The van der Waals surface area contributed by atoms with E-state index in [0.29, 0.717) is 18.0 Å². The molecule has 4 aromatic rings. The Balaban J connectivity index is 1.77. The van der Waals surface area contributed by atoms with E-state index >= 15 is 0 Å². The number of aryl methyl sites for hydroxylation is 1. The van der Waals surface area contributed by atoms with E-state index in [0.717, 1.165) is 21.0 Å². The quantitative estimate of drug-likeness (QED) is 0.192. The number of amides is 2. The number of ether oxygens (including phenoxy) is 1. The number of rotatable bonds is 14. The molecule has 0 spiro atoms. The molecule has 8 nitrogen and oxygen atoms in total. The first-order valence-corrected chi connectivity index (χ1v) is 16.5. The van der Waals surface area contributed by atoms with E-state index in [1.165, 1.54) is 17.0 Å². The van der Waals surface area contributed by atoms with Crippen molar-refractivity contribution in [1.82, 2.24) is 10.2 Å². The van der Waals surface area contributed by atoms with Crippen molar-refractivity contribution in [3.63, 3.8) is 0 Å². The van der Waals surface area contributed by atoms with Crippen LogP contribution in [0.4, 0.5) is 5.69 Å². The van der Waals surface area contributed by atoms with Crippen LogP contribution in [0.3, 0.4) is 0 Å². The molecule has 0 saturated heterocycles. The van der Waals surface area contributed by atoms with Gasteiger partial charge in [0, 0.05) is 19.0 Å². The molecule has 0 aliphatic rings. The van der Waals surface area contributed by atoms with Gasteiger partial charge in [-0.1, -0.05) is 78.4 Å². The van der Waals surface area contributed by atoms with Gasteiger partial charge < -0.3 is 15.0 Å². The van der Waals surface area contributed by atoms with Crippen LogP contribution in [0.5, 0.6) is 5.75 Å². The number of sulfonamides is 1. The number of nitrogens with one attached hydrogen (secondary N) is 1. The van der Waals surface area contributed by atoms with Crippen LogP contribution in [-0.2, 0) is 32.6 Å². The lowest BCUT2D eigenvalue weighted by Gasteiger charge is -2.34. The first kappa shape index (κ1) is 33.3. The van der Waals surface area contributed by atoms with E-state index in [2.05, 4.69) is 5.32 Å². The minimum Gasteiger partial charge on any atom is -0.494 e. The molecule has 0 aromatic heterocycles. The number of nitrogens with zero attached hydrogens (tertiary/aromatic N) is 2. The number of hydrogen-bond acceptors (Lipinski definition) is 5. The lowest BCUT2D eigenvalue weighted by molar-refractivity contribution is -0.140. The van der Waals surface area contributed by atoms with Gasteiger partial charge in [-0.3, -0.25) is 13.9 Å². The standard InChI is InChI=1S/C36H41N3O5S/c1-5-44-32-20-22-33(23-21-32)45(42,43)39(31-18-16-28(4)17-19-31)26-35(40)38(25-30-14-10-7-11-15-30)34(36(41)37-27(2)3)24-29-12-8-6-9-13-29/h6-23,27,34H,5,24-26H2,1-4H3,(H,37,41). The second kappa shape index (κ2) is 15.4. The highest BCUT2D eigenvalue weighted by molar-refractivity contribution is 7.92. The molecule has 0 radical (unpaired) electrons. The Bertz CT molecular complexity index is 1640. The average Bonchev–Trinajstić information content (AvgIpc) is 3.03. The predicted octanol–water partition coefficient (Wildman–Crippen LogP) is 5.75. The van der Waals surface area contributed by atoms with Crippen molar-refractivity contribution in [3.8, 4) is 5.75 Å². The van der Waals surface area contributed by atoms with Gasteiger partial charge in [0.2, 0.25) is 11.8 Å². The molecule has 0 aliphatic heterocycles. The lowest BCUT2D eigenvalue weighted by Crippen LogP contribution is -2.54. The number of carbonyl (C=O) groups excluding carboxylic acids is 2.